The molecule has 0 bridgehead atoms. The van der Waals surface area contributed by atoms with Gasteiger partial charge < -0.3 is 9.32 Å². The third kappa shape index (κ3) is 3.96. The first-order valence-electron chi connectivity index (χ1n) is 15.0. The molecule has 0 aliphatic heterocycles. The molecule has 0 spiro atoms. The van der Waals surface area contributed by atoms with E-state index in [0.29, 0.717) is 0 Å². The third-order valence-corrected chi connectivity index (χ3v) is 8.82. The number of rotatable bonds is 4. The van der Waals surface area contributed by atoms with Crippen molar-refractivity contribution in [1.82, 2.24) is 0 Å². The Hall–Kier alpha value is -5.86. The molecule has 1 heterocycles. The van der Waals surface area contributed by atoms with Crippen LogP contribution in [0.4, 0.5) is 17.1 Å². The fourth-order valence-corrected chi connectivity index (χ4v) is 6.70. The maximum absolute atomic E-state index is 6.12. The summed E-state index contributed by atoms with van der Waals surface area (Å²) in [7, 11) is 0. The first kappa shape index (κ1) is 24.7. The summed E-state index contributed by atoms with van der Waals surface area (Å²) in [5, 5.41) is 9.96. The number of para-hydroxylation sites is 2. The van der Waals surface area contributed by atoms with Gasteiger partial charge in [-0.2, -0.15) is 0 Å². The van der Waals surface area contributed by atoms with Crippen LogP contribution in [0.25, 0.3) is 65.4 Å². The minimum atomic E-state index is 0.899. The number of nitrogens with zero attached hydrogens (tertiary/aromatic N) is 1. The molecule has 9 rings (SSSR count). The highest BCUT2D eigenvalue weighted by Crippen LogP contribution is 2.40. The van der Waals surface area contributed by atoms with Crippen LogP contribution in [0.15, 0.2) is 168 Å². The Morgan fingerprint density at radius 1 is 0.341 bits per heavy atom. The number of anilines is 3. The third-order valence-electron chi connectivity index (χ3n) is 8.82. The molecule has 2 heteroatoms. The Balaban J connectivity index is 1.14. The van der Waals surface area contributed by atoms with E-state index in [1.54, 1.807) is 0 Å². The SMILES string of the molecule is c1ccc(N(c2ccc(-c3ccc4c(ccc5ccc6ccccc6c54)c3)cc2)c2ccc3oc4ccccc4c3c2)cc1. The van der Waals surface area contributed by atoms with Gasteiger partial charge in [-0.15, -0.1) is 0 Å². The average Bonchev–Trinajstić information content (AvgIpc) is 3.47. The largest absolute Gasteiger partial charge is 0.456 e. The molecule has 0 saturated heterocycles. The summed E-state index contributed by atoms with van der Waals surface area (Å²) in [5.41, 5.74) is 7.51. The van der Waals surface area contributed by atoms with Crippen LogP contribution in [0, 0.1) is 0 Å². The fraction of sp³-hybridized carbons (Fsp3) is 0. The summed E-state index contributed by atoms with van der Waals surface area (Å²) in [4.78, 5) is 2.31. The van der Waals surface area contributed by atoms with Crippen LogP contribution in [0.5, 0.6) is 0 Å². The first-order chi connectivity index (χ1) is 21.8. The van der Waals surface area contributed by atoms with Crippen molar-refractivity contribution in [2.45, 2.75) is 0 Å². The van der Waals surface area contributed by atoms with E-state index < -0.39 is 0 Å². The van der Waals surface area contributed by atoms with Gasteiger partial charge in [0.2, 0.25) is 0 Å². The van der Waals surface area contributed by atoms with Crippen molar-refractivity contribution >= 4 is 71.3 Å². The molecule has 9 aromatic rings. The van der Waals surface area contributed by atoms with Gasteiger partial charge >= 0.3 is 0 Å². The quantitative estimate of drug-likeness (QED) is 0.199. The highest BCUT2D eigenvalue weighted by atomic mass is 16.3. The van der Waals surface area contributed by atoms with Crippen molar-refractivity contribution in [2.75, 3.05) is 4.90 Å². The monoisotopic (exact) mass is 561 g/mol. The molecule has 206 valence electrons. The van der Waals surface area contributed by atoms with Crippen molar-refractivity contribution < 1.29 is 4.42 Å². The van der Waals surface area contributed by atoms with Crippen molar-refractivity contribution in [1.29, 1.82) is 0 Å². The fourth-order valence-electron chi connectivity index (χ4n) is 6.70. The van der Waals surface area contributed by atoms with Gasteiger partial charge in [-0.3, -0.25) is 0 Å². The second-order valence-corrected chi connectivity index (χ2v) is 11.4. The Bertz CT molecular complexity index is 2490. The van der Waals surface area contributed by atoms with Gasteiger partial charge in [0.1, 0.15) is 11.2 Å². The van der Waals surface area contributed by atoms with Crippen LogP contribution in [-0.4, -0.2) is 0 Å². The molecule has 1 aromatic heterocycles. The van der Waals surface area contributed by atoms with E-state index in [2.05, 4.69) is 157 Å². The average molecular weight is 562 g/mol. The molecule has 0 atom stereocenters. The maximum Gasteiger partial charge on any atom is 0.135 e. The lowest BCUT2D eigenvalue weighted by Crippen LogP contribution is -2.09. The molecule has 0 saturated carbocycles. The number of benzene rings is 8. The van der Waals surface area contributed by atoms with E-state index in [9.17, 15) is 0 Å². The van der Waals surface area contributed by atoms with Crippen molar-refractivity contribution in [3.63, 3.8) is 0 Å². The summed E-state index contributed by atoms with van der Waals surface area (Å²) in [6.07, 6.45) is 0. The summed E-state index contributed by atoms with van der Waals surface area (Å²) in [6.45, 7) is 0. The normalized spacial score (nSPS) is 11.6. The van der Waals surface area contributed by atoms with Crippen molar-refractivity contribution in [2.24, 2.45) is 0 Å². The van der Waals surface area contributed by atoms with Crippen LogP contribution in [0.2, 0.25) is 0 Å². The molecule has 0 N–H and O–H groups in total. The van der Waals surface area contributed by atoms with Crippen molar-refractivity contribution in [3.05, 3.63) is 164 Å². The number of furan rings is 1. The van der Waals surface area contributed by atoms with Gasteiger partial charge in [-0.1, -0.05) is 109 Å². The van der Waals surface area contributed by atoms with Crippen LogP contribution in [-0.2, 0) is 0 Å². The molecule has 0 radical (unpaired) electrons. The smallest absolute Gasteiger partial charge is 0.135 e. The molecule has 0 aliphatic carbocycles. The van der Waals surface area contributed by atoms with E-state index in [0.717, 1.165) is 39.0 Å². The number of hydrogen-bond donors (Lipinski definition) is 0. The zero-order chi connectivity index (χ0) is 29.0. The first-order valence-corrected chi connectivity index (χ1v) is 15.0. The van der Waals surface area contributed by atoms with Crippen molar-refractivity contribution in [3.8, 4) is 11.1 Å². The Morgan fingerprint density at radius 2 is 0.955 bits per heavy atom. The summed E-state index contributed by atoms with van der Waals surface area (Å²) in [6, 6.07) is 58.6. The molecule has 0 amide bonds. The minimum Gasteiger partial charge on any atom is -0.456 e. The Kier molecular flexibility index (Phi) is 5.54. The molecule has 0 unspecified atom stereocenters. The lowest BCUT2D eigenvalue weighted by Gasteiger charge is -2.25. The van der Waals surface area contributed by atoms with Crippen LogP contribution in [0.1, 0.15) is 0 Å². The van der Waals surface area contributed by atoms with Crippen LogP contribution >= 0.6 is 0 Å². The Morgan fingerprint density at radius 3 is 1.82 bits per heavy atom. The van der Waals surface area contributed by atoms with Gasteiger partial charge in [-0.25, -0.2) is 0 Å². The molecule has 44 heavy (non-hydrogen) atoms. The van der Waals surface area contributed by atoms with Crippen LogP contribution < -0.4 is 4.90 Å². The Labute approximate surface area is 255 Å². The molecule has 0 aliphatic rings. The van der Waals surface area contributed by atoms with Gasteiger partial charge in [0.05, 0.1) is 0 Å². The lowest BCUT2D eigenvalue weighted by atomic mass is 9.94. The van der Waals surface area contributed by atoms with Gasteiger partial charge in [0, 0.05) is 27.8 Å². The lowest BCUT2D eigenvalue weighted by molar-refractivity contribution is 0.669. The minimum absolute atomic E-state index is 0.899. The standard InChI is InChI=1S/C42H27NO/c1-2-9-33(10-3-1)43(35-23-25-41-39(27-35)38-12-6-7-13-40(38)44-41)34-21-18-28(19-22-34)31-20-24-37-32(26-31)17-16-30-15-14-29-8-4-5-11-36(29)42(30)37/h1-27H. The maximum atomic E-state index is 6.12. The van der Waals surface area contributed by atoms with E-state index in [1.165, 1.54) is 43.4 Å². The molecule has 8 aromatic carbocycles. The van der Waals surface area contributed by atoms with E-state index in [-0.39, 0.29) is 0 Å². The number of hydrogen-bond acceptors (Lipinski definition) is 2. The summed E-state index contributed by atoms with van der Waals surface area (Å²) < 4.78 is 6.12. The van der Waals surface area contributed by atoms with E-state index in [1.807, 2.05) is 12.1 Å². The topological polar surface area (TPSA) is 16.4 Å². The second-order valence-electron chi connectivity index (χ2n) is 11.4. The van der Waals surface area contributed by atoms with Gasteiger partial charge in [-0.05, 0) is 98.0 Å². The molecule has 0 fully saturated rings. The molecular formula is C42H27NO. The van der Waals surface area contributed by atoms with E-state index >= 15 is 0 Å². The zero-order valence-corrected chi connectivity index (χ0v) is 23.9. The molecule has 2 nitrogen and oxygen atoms in total. The van der Waals surface area contributed by atoms with E-state index in [4.69, 9.17) is 4.42 Å². The summed E-state index contributed by atoms with van der Waals surface area (Å²) >= 11 is 0. The zero-order valence-electron chi connectivity index (χ0n) is 23.9. The second kappa shape index (κ2) is 9.86. The predicted octanol–water partition coefficient (Wildman–Crippen LogP) is 12.2. The van der Waals surface area contributed by atoms with Gasteiger partial charge in [0.15, 0.2) is 0 Å². The predicted molar refractivity (Wildman–Crippen MR) is 186 cm³/mol. The number of fused-ring (bicyclic) bond motifs is 8. The van der Waals surface area contributed by atoms with Crippen LogP contribution in [0.3, 0.4) is 0 Å². The van der Waals surface area contributed by atoms with Gasteiger partial charge in [0.25, 0.3) is 0 Å². The summed E-state index contributed by atoms with van der Waals surface area (Å²) in [5.74, 6) is 0. The highest BCUT2D eigenvalue weighted by molar-refractivity contribution is 6.20. The molecular weight excluding hydrogens is 534 g/mol. The highest BCUT2D eigenvalue weighted by Gasteiger charge is 2.16.